The van der Waals surface area contributed by atoms with Crippen molar-refractivity contribution in [2.45, 2.75) is 17.1 Å². The first-order valence-corrected chi connectivity index (χ1v) is 6.61. The molecule has 0 aliphatic rings. The first-order chi connectivity index (χ1) is 8.79. The number of nitrogens with zero attached hydrogens (tertiary/aromatic N) is 2. The molecule has 0 fully saturated rings. The lowest BCUT2D eigenvalue weighted by molar-refractivity contribution is 0.373. The number of rotatable bonds is 6. The molecule has 0 bridgehead atoms. The minimum Gasteiger partial charge on any atom is -0.339 e. The molecule has 1 heterocycles. The fourth-order valence-corrected chi connectivity index (χ4v) is 2.17. The van der Waals surface area contributed by atoms with Crippen LogP contribution < -0.4 is 5.32 Å². The molecule has 0 saturated carbocycles. The summed E-state index contributed by atoms with van der Waals surface area (Å²) in [5.74, 6) is 1.48. The number of thioether (sulfide) groups is 1. The SMILES string of the molecule is CNCCc1nc(CSc2ccccc2F)no1. The number of halogens is 1. The van der Waals surface area contributed by atoms with Gasteiger partial charge in [0.1, 0.15) is 5.82 Å². The van der Waals surface area contributed by atoms with Crippen LogP contribution in [0.15, 0.2) is 33.7 Å². The number of hydrogen-bond donors (Lipinski definition) is 1. The van der Waals surface area contributed by atoms with Crippen molar-refractivity contribution in [1.29, 1.82) is 0 Å². The van der Waals surface area contributed by atoms with Crippen LogP contribution in [-0.4, -0.2) is 23.7 Å². The van der Waals surface area contributed by atoms with Crippen molar-refractivity contribution in [2.24, 2.45) is 0 Å². The molecule has 0 radical (unpaired) electrons. The monoisotopic (exact) mass is 267 g/mol. The Morgan fingerprint density at radius 1 is 1.39 bits per heavy atom. The summed E-state index contributed by atoms with van der Waals surface area (Å²) in [7, 11) is 1.87. The normalized spacial score (nSPS) is 10.8. The van der Waals surface area contributed by atoms with Gasteiger partial charge in [0.25, 0.3) is 0 Å². The minimum absolute atomic E-state index is 0.221. The van der Waals surface area contributed by atoms with Crippen LogP contribution in [0.25, 0.3) is 0 Å². The van der Waals surface area contributed by atoms with E-state index in [0.29, 0.717) is 28.8 Å². The maximum Gasteiger partial charge on any atom is 0.227 e. The van der Waals surface area contributed by atoms with E-state index >= 15 is 0 Å². The fraction of sp³-hybridized carbons (Fsp3) is 0.333. The summed E-state index contributed by atoms with van der Waals surface area (Å²) in [6.45, 7) is 0.794. The fourth-order valence-electron chi connectivity index (χ4n) is 1.39. The number of benzene rings is 1. The highest BCUT2D eigenvalue weighted by atomic mass is 32.2. The van der Waals surface area contributed by atoms with Crippen LogP contribution in [-0.2, 0) is 12.2 Å². The van der Waals surface area contributed by atoms with Crippen LogP contribution >= 0.6 is 11.8 Å². The molecule has 1 aromatic heterocycles. The van der Waals surface area contributed by atoms with Crippen LogP contribution in [0, 0.1) is 5.82 Å². The van der Waals surface area contributed by atoms with Gasteiger partial charge in [-0.3, -0.25) is 0 Å². The van der Waals surface area contributed by atoms with Crippen molar-refractivity contribution >= 4 is 11.8 Å². The Balaban J connectivity index is 1.90. The minimum atomic E-state index is -0.221. The maximum absolute atomic E-state index is 13.4. The smallest absolute Gasteiger partial charge is 0.227 e. The van der Waals surface area contributed by atoms with Gasteiger partial charge in [0, 0.05) is 17.9 Å². The first kappa shape index (κ1) is 13.0. The van der Waals surface area contributed by atoms with Gasteiger partial charge in [-0.1, -0.05) is 17.3 Å². The Bertz CT molecular complexity index is 504. The van der Waals surface area contributed by atoms with E-state index in [2.05, 4.69) is 15.5 Å². The van der Waals surface area contributed by atoms with Crippen molar-refractivity contribution < 1.29 is 8.91 Å². The maximum atomic E-state index is 13.4. The Morgan fingerprint density at radius 3 is 3.00 bits per heavy atom. The van der Waals surface area contributed by atoms with E-state index in [9.17, 15) is 4.39 Å². The molecule has 0 atom stereocenters. The van der Waals surface area contributed by atoms with Crippen molar-refractivity contribution in [3.8, 4) is 0 Å². The van der Waals surface area contributed by atoms with Crippen LogP contribution in [0.4, 0.5) is 4.39 Å². The largest absolute Gasteiger partial charge is 0.339 e. The van der Waals surface area contributed by atoms with Gasteiger partial charge in [-0.15, -0.1) is 11.8 Å². The number of hydrogen-bond acceptors (Lipinski definition) is 5. The molecule has 0 unspecified atom stereocenters. The molecule has 2 aromatic rings. The van der Waals surface area contributed by atoms with Crippen molar-refractivity contribution in [3.05, 3.63) is 41.8 Å². The molecule has 0 amide bonds. The average molecular weight is 267 g/mol. The molecule has 1 N–H and O–H groups in total. The van der Waals surface area contributed by atoms with Gasteiger partial charge >= 0.3 is 0 Å². The Morgan fingerprint density at radius 2 is 2.22 bits per heavy atom. The highest BCUT2D eigenvalue weighted by Gasteiger charge is 2.08. The molecular formula is C12H14FN3OS. The Hall–Kier alpha value is -1.40. The lowest BCUT2D eigenvalue weighted by Gasteiger charge is -1.99. The third-order valence-electron chi connectivity index (χ3n) is 2.29. The summed E-state index contributed by atoms with van der Waals surface area (Å²) in [6, 6.07) is 6.66. The molecular weight excluding hydrogens is 253 g/mol. The quantitative estimate of drug-likeness (QED) is 0.814. The molecule has 0 saturated heterocycles. The van der Waals surface area contributed by atoms with Crippen molar-refractivity contribution in [2.75, 3.05) is 13.6 Å². The average Bonchev–Trinajstić information content (AvgIpc) is 2.83. The highest BCUT2D eigenvalue weighted by molar-refractivity contribution is 7.98. The van der Waals surface area contributed by atoms with E-state index in [4.69, 9.17) is 4.52 Å². The van der Waals surface area contributed by atoms with Crippen molar-refractivity contribution in [1.82, 2.24) is 15.5 Å². The predicted molar refractivity (Wildman–Crippen MR) is 67.9 cm³/mol. The van der Waals surface area contributed by atoms with E-state index in [1.54, 1.807) is 18.2 Å². The molecule has 1 aromatic carbocycles. The molecule has 6 heteroatoms. The predicted octanol–water partition coefficient (Wildman–Crippen LogP) is 2.26. The second-order valence-corrected chi connectivity index (χ2v) is 4.69. The summed E-state index contributed by atoms with van der Waals surface area (Å²) in [6.07, 6.45) is 0.702. The van der Waals surface area contributed by atoms with Gasteiger partial charge in [-0.2, -0.15) is 4.98 Å². The van der Waals surface area contributed by atoms with Gasteiger partial charge in [0.15, 0.2) is 5.82 Å². The van der Waals surface area contributed by atoms with E-state index < -0.39 is 0 Å². The lowest BCUT2D eigenvalue weighted by Crippen LogP contribution is -2.10. The zero-order valence-corrected chi connectivity index (χ0v) is 10.8. The second kappa shape index (κ2) is 6.51. The number of aromatic nitrogens is 2. The number of nitrogens with one attached hydrogen (secondary N) is 1. The topological polar surface area (TPSA) is 51.0 Å². The van der Waals surface area contributed by atoms with Crippen LogP contribution in [0.3, 0.4) is 0 Å². The van der Waals surface area contributed by atoms with E-state index in [1.165, 1.54) is 17.8 Å². The molecule has 18 heavy (non-hydrogen) atoms. The molecule has 2 rings (SSSR count). The summed E-state index contributed by atoms with van der Waals surface area (Å²) in [5.41, 5.74) is 0. The van der Waals surface area contributed by atoms with E-state index in [0.717, 1.165) is 6.54 Å². The molecule has 0 aliphatic carbocycles. The van der Waals surface area contributed by atoms with Crippen LogP contribution in [0.5, 0.6) is 0 Å². The summed E-state index contributed by atoms with van der Waals surface area (Å²) in [4.78, 5) is 4.83. The summed E-state index contributed by atoms with van der Waals surface area (Å²) in [5, 5.41) is 6.86. The number of likely N-dealkylation sites (N-methyl/N-ethyl adjacent to an activating group) is 1. The van der Waals surface area contributed by atoms with Gasteiger partial charge in [-0.25, -0.2) is 4.39 Å². The van der Waals surface area contributed by atoms with Gasteiger partial charge in [0.05, 0.1) is 5.75 Å². The van der Waals surface area contributed by atoms with Gasteiger partial charge < -0.3 is 9.84 Å². The zero-order valence-electron chi connectivity index (χ0n) is 10.0. The van der Waals surface area contributed by atoms with E-state index in [1.807, 2.05) is 7.05 Å². The van der Waals surface area contributed by atoms with Gasteiger partial charge in [0.2, 0.25) is 5.89 Å². The standard InChI is InChI=1S/C12H14FN3OS/c1-14-7-6-12-15-11(16-17-12)8-18-10-5-3-2-4-9(10)13/h2-5,14H,6-8H2,1H3. The Kier molecular flexibility index (Phi) is 4.72. The third kappa shape index (κ3) is 3.54. The summed E-state index contributed by atoms with van der Waals surface area (Å²) < 4.78 is 18.4. The molecule has 0 spiro atoms. The van der Waals surface area contributed by atoms with Crippen LogP contribution in [0.1, 0.15) is 11.7 Å². The third-order valence-corrected chi connectivity index (χ3v) is 3.34. The summed E-state index contributed by atoms with van der Waals surface area (Å²) >= 11 is 1.36. The van der Waals surface area contributed by atoms with Gasteiger partial charge in [-0.05, 0) is 19.2 Å². The lowest BCUT2D eigenvalue weighted by atomic mass is 10.3. The van der Waals surface area contributed by atoms with Crippen LogP contribution in [0.2, 0.25) is 0 Å². The molecule has 96 valence electrons. The zero-order chi connectivity index (χ0) is 12.8. The Labute approximate surface area is 109 Å². The van der Waals surface area contributed by atoms with E-state index in [-0.39, 0.29) is 5.82 Å². The first-order valence-electron chi connectivity index (χ1n) is 5.63. The highest BCUT2D eigenvalue weighted by Crippen LogP contribution is 2.24. The molecule has 4 nitrogen and oxygen atoms in total. The molecule has 0 aliphatic heterocycles. The second-order valence-electron chi connectivity index (χ2n) is 3.68. The van der Waals surface area contributed by atoms with Crippen molar-refractivity contribution in [3.63, 3.8) is 0 Å².